The minimum Gasteiger partial charge on any atom is -0.315 e. The highest BCUT2D eigenvalue weighted by Crippen LogP contribution is 2.30. The van der Waals surface area contributed by atoms with E-state index in [2.05, 4.69) is 20.4 Å². The fourth-order valence-corrected chi connectivity index (χ4v) is 2.25. The number of anilines is 1. The lowest BCUT2D eigenvalue weighted by atomic mass is 10.2. The van der Waals surface area contributed by atoms with Crippen LogP contribution < -0.4 is 11.1 Å². The van der Waals surface area contributed by atoms with Gasteiger partial charge in [-0.1, -0.05) is 6.07 Å². The number of nitrogens with zero attached hydrogens (tertiary/aromatic N) is 4. The summed E-state index contributed by atoms with van der Waals surface area (Å²) in [5.41, 5.74) is 5.43. The first kappa shape index (κ1) is 16.8. The van der Waals surface area contributed by atoms with Crippen LogP contribution in [0.25, 0.3) is 16.7 Å². The molecule has 3 aromatic heterocycles. The van der Waals surface area contributed by atoms with Crippen molar-refractivity contribution in [3.63, 3.8) is 0 Å². The lowest BCUT2D eigenvalue weighted by Gasteiger charge is -2.15. The minimum atomic E-state index is -4.60. The lowest BCUT2D eigenvalue weighted by Crippen LogP contribution is -2.29. The number of carbonyl (C=O) groups is 1. The van der Waals surface area contributed by atoms with E-state index in [9.17, 15) is 18.0 Å². The monoisotopic (exact) mass is 350 g/mol. The van der Waals surface area contributed by atoms with Crippen LogP contribution in [0, 0.1) is 0 Å². The molecule has 1 unspecified atom stereocenters. The van der Waals surface area contributed by atoms with Crippen molar-refractivity contribution in [2.75, 3.05) is 5.32 Å². The van der Waals surface area contributed by atoms with Crippen molar-refractivity contribution in [3.8, 4) is 5.82 Å². The smallest absolute Gasteiger partial charge is 0.315 e. The van der Waals surface area contributed by atoms with Crippen LogP contribution in [0.1, 0.15) is 18.7 Å². The Morgan fingerprint density at radius 1 is 1.32 bits per heavy atom. The number of carbonyl (C=O) groups excluding carboxylic acids is 1. The molecular weight excluding hydrogens is 337 g/mol. The molecule has 130 valence electrons. The Hall–Kier alpha value is -3.01. The van der Waals surface area contributed by atoms with Crippen molar-refractivity contribution in [1.29, 1.82) is 0 Å². The molecule has 0 aliphatic carbocycles. The van der Waals surface area contributed by atoms with Crippen LogP contribution in [0.5, 0.6) is 0 Å². The topological polar surface area (TPSA) is 98.7 Å². The zero-order valence-corrected chi connectivity index (χ0v) is 12.9. The number of amides is 1. The molecule has 7 nitrogen and oxygen atoms in total. The highest BCUT2D eigenvalue weighted by Gasteiger charge is 2.38. The fraction of sp³-hybridized carbons (Fsp3) is 0.200. The van der Waals surface area contributed by atoms with E-state index in [-0.39, 0.29) is 17.4 Å². The van der Waals surface area contributed by atoms with E-state index in [0.717, 1.165) is 0 Å². The summed E-state index contributed by atoms with van der Waals surface area (Å²) in [5, 5.41) is 7.30. The summed E-state index contributed by atoms with van der Waals surface area (Å²) in [4.78, 5) is 19.2. The molecule has 0 saturated heterocycles. The first-order valence-corrected chi connectivity index (χ1v) is 7.16. The summed E-state index contributed by atoms with van der Waals surface area (Å²) in [6.07, 6.45) is -1.60. The van der Waals surface area contributed by atoms with Gasteiger partial charge in [-0.3, -0.25) is 4.79 Å². The summed E-state index contributed by atoms with van der Waals surface area (Å²) in [6.45, 7) is 1.34. The number of halogens is 3. The molecule has 0 radical (unpaired) electrons. The molecule has 1 amide bonds. The highest BCUT2D eigenvalue weighted by atomic mass is 19.4. The maximum absolute atomic E-state index is 12.8. The summed E-state index contributed by atoms with van der Waals surface area (Å²) >= 11 is 0. The zero-order chi connectivity index (χ0) is 18.2. The second kappa shape index (κ2) is 6.13. The summed E-state index contributed by atoms with van der Waals surface area (Å²) in [6, 6.07) is 3.51. The summed E-state index contributed by atoms with van der Waals surface area (Å²) in [5.74, 6) is 0.172. The predicted molar refractivity (Wildman–Crippen MR) is 83.9 cm³/mol. The summed E-state index contributed by atoms with van der Waals surface area (Å²) in [7, 11) is 0. The van der Waals surface area contributed by atoms with Crippen LogP contribution in [-0.2, 0) is 4.79 Å². The van der Waals surface area contributed by atoms with Crippen LogP contribution in [-0.4, -0.2) is 31.8 Å². The molecule has 0 saturated carbocycles. The highest BCUT2D eigenvalue weighted by molar-refractivity contribution is 5.90. The molecule has 0 aromatic carbocycles. The molecule has 3 aromatic rings. The van der Waals surface area contributed by atoms with Crippen molar-refractivity contribution >= 4 is 22.6 Å². The molecule has 3 rings (SSSR count). The van der Waals surface area contributed by atoms with Crippen molar-refractivity contribution < 1.29 is 18.0 Å². The van der Waals surface area contributed by atoms with Gasteiger partial charge in [0.05, 0.1) is 17.4 Å². The van der Waals surface area contributed by atoms with Gasteiger partial charge in [-0.2, -0.15) is 18.3 Å². The van der Waals surface area contributed by atoms with Crippen LogP contribution in [0.4, 0.5) is 19.0 Å². The van der Waals surface area contributed by atoms with E-state index in [4.69, 9.17) is 5.73 Å². The SMILES string of the molecule is CC(=O)Nc1cc2c(cn1)cnn2-c1cccc(C(N)C(F)(F)F)n1. The van der Waals surface area contributed by atoms with Gasteiger partial charge in [0.1, 0.15) is 11.9 Å². The van der Waals surface area contributed by atoms with E-state index >= 15 is 0 Å². The third-order valence-electron chi connectivity index (χ3n) is 3.40. The standard InChI is InChI=1S/C15H13F3N6O/c1-8(25)22-12-5-11-9(6-20-12)7-21-24(11)13-4-2-3-10(23-13)14(19)15(16,17)18/h2-7,14H,19H2,1H3,(H,20,22,25). The Morgan fingerprint density at radius 3 is 2.76 bits per heavy atom. The van der Waals surface area contributed by atoms with Gasteiger partial charge in [0.25, 0.3) is 0 Å². The Bertz CT molecular complexity index is 936. The molecule has 0 aliphatic heterocycles. The third-order valence-corrected chi connectivity index (χ3v) is 3.40. The molecule has 0 fully saturated rings. The van der Waals surface area contributed by atoms with E-state index in [0.29, 0.717) is 16.7 Å². The minimum absolute atomic E-state index is 0.173. The number of aromatic nitrogens is 4. The van der Waals surface area contributed by atoms with E-state index < -0.39 is 12.2 Å². The van der Waals surface area contributed by atoms with Crippen LogP contribution in [0.2, 0.25) is 0 Å². The van der Waals surface area contributed by atoms with E-state index in [1.54, 1.807) is 6.07 Å². The number of hydrogen-bond donors (Lipinski definition) is 2. The van der Waals surface area contributed by atoms with Gasteiger partial charge in [0.15, 0.2) is 5.82 Å². The molecule has 0 aliphatic rings. The fourth-order valence-electron chi connectivity index (χ4n) is 2.25. The molecule has 1 atom stereocenters. The van der Waals surface area contributed by atoms with Crippen molar-refractivity contribution in [2.24, 2.45) is 5.73 Å². The largest absolute Gasteiger partial charge is 0.409 e. The number of hydrogen-bond acceptors (Lipinski definition) is 5. The van der Waals surface area contributed by atoms with Gasteiger partial charge in [-0.05, 0) is 12.1 Å². The maximum atomic E-state index is 12.8. The van der Waals surface area contributed by atoms with Crippen molar-refractivity contribution in [3.05, 3.63) is 42.4 Å². The molecule has 3 N–H and O–H groups in total. The quantitative estimate of drug-likeness (QED) is 0.755. The van der Waals surface area contributed by atoms with Gasteiger partial charge >= 0.3 is 6.18 Å². The van der Waals surface area contributed by atoms with E-state index in [1.807, 2.05) is 0 Å². The normalized spacial score (nSPS) is 13.0. The number of fused-ring (bicyclic) bond motifs is 1. The number of rotatable bonds is 3. The average Bonchev–Trinajstić information content (AvgIpc) is 2.96. The Balaban J connectivity index is 2.06. The van der Waals surface area contributed by atoms with Crippen LogP contribution >= 0.6 is 0 Å². The third kappa shape index (κ3) is 3.43. The second-order valence-corrected chi connectivity index (χ2v) is 5.31. The average molecular weight is 350 g/mol. The van der Waals surface area contributed by atoms with Gasteiger partial charge in [-0.15, -0.1) is 0 Å². The van der Waals surface area contributed by atoms with E-state index in [1.165, 1.54) is 42.2 Å². The van der Waals surface area contributed by atoms with Gasteiger partial charge in [0.2, 0.25) is 5.91 Å². The number of nitrogens with one attached hydrogen (secondary N) is 1. The van der Waals surface area contributed by atoms with Crippen molar-refractivity contribution in [1.82, 2.24) is 19.7 Å². The number of pyridine rings is 2. The van der Waals surface area contributed by atoms with Crippen LogP contribution in [0.15, 0.2) is 36.7 Å². The molecule has 3 heterocycles. The second-order valence-electron chi connectivity index (χ2n) is 5.31. The van der Waals surface area contributed by atoms with Gasteiger partial charge in [-0.25, -0.2) is 14.6 Å². The Morgan fingerprint density at radius 2 is 2.08 bits per heavy atom. The first-order chi connectivity index (χ1) is 11.8. The van der Waals surface area contributed by atoms with Crippen molar-refractivity contribution in [2.45, 2.75) is 19.1 Å². The van der Waals surface area contributed by atoms with Gasteiger partial charge in [0, 0.05) is 24.6 Å². The molecular formula is C15H13F3N6O. The number of alkyl halides is 3. The lowest BCUT2D eigenvalue weighted by molar-refractivity contribution is -0.150. The molecule has 25 heavy (non-hydrogen) atoms. The van der Waals surface area contributed by atoms with Crippen LogP contribution in [0.3, 0.4) is 0 Å². The molecule has 10 heteroatoms. The molecule has 0 spiro atoms. The number of nitrogens with two attached hydrogens (primary N) is 1. The maximum Gasteiger partial charge on any atom is 0.409 e. The van der Waals surface area contributed by atoms with Gasteiger partial charge < -0.3 is 11.1 Å². The summed E-state index contributed by atoms with van der Waals surface area (Å²) < 4.78 is 39.8. The predicted octanol–water partition coefficient (Wildman–Crippen LogP) is 2.34. The first-order valence-electron chi connectivity index (χ1n) is 7.16. The zero-order valence-electron chi connectivity index (χ0n) is 12.9. The Labute approximate surface area is 139 Å². The molecule has 0 bridgehead atoms. The Kier molecular flexibility index (Phi) is 4.13.